The maximum Gasteiger partial charge on any atom is 0.410 e. The van der Waals surface area contributed by atoms with Gasteiger partial charge in [0.25, 0.3) is 0 Å². The number of carbonyl (C=O) groups excluding carboxylic acids is 1. The van der Waals surface area contributed by atoms with Crippen LogP contribution in [0, 0.1) is 5.82 Å². The fourth-order valence-electron chi connectivity index (χ4n) is 3.18. The lowest BCUT2D eigenvalue weighted by Gasteiger charge is -2.37. The monoisotopic (exact) mass is 378 g/mol. The van der Waals surface area contributed by atoms with E-state index in [0.29, 0.717) is 11.1 Å². The van der Waals surface area contributed by atoms with Gasteiger partial charge in [0.05, 0.1) is 18.1 Å². The quantitative estimate of drug-likeness (QED) is 0.797. The van der Waals surface area contributed by atoms with Crippen molar-refractivity contribution in [2.75, 3.05) is 13.1 Å². The molecule has 146 valence electrons. The highest BCUT2D eigenvalue weighted by atomic mass is 19.1. The lowest BCUT2D eigenvalue weighted by atomic mass is 9.86. The van der Waals surface area contributed by atoms with E-state index >= 15 is 4.39 Å². The van der Waals surface area contributed by atoms with Crippen molar-refractivity contribution in [1.29, 1.82) is 0 Å². The lowest BCUT2D eigenvalue weighted by Crippen LogP contribution is -2.45. The highest BCUT2D eigenvalue weighted by Gasteiger charge is 2.41. The zero-order chi connectivity index (χ0) is 19.8. The van der Waals surface area contributed by atoms with Crippen molar-refractivity contribution in [3.63, 3.8) is 0 Å². The summed E-state index contributed by atoms with van der Waals surface area (Å²) in [6.45, 7) is 5.78. The largest absolute Gasteiger partial charge is 0.444 e. The first kappa shape index (κ1) is 19.3. The minimum absolute atomic E-state index is 0.0676. The number of hydrogen-bond acceptors (Lipinski definition) is 4. The number of likely N-dealkylation sites (tertiary alicyclic amines) is 1. The summed E-state index contributed by atoms with van der Waals surface area (Å²) < 4.78 is 36.5. The van der Waals surface area contributed by atoms with Crippen LogP contribution in [0.3, 0.4) is 0 Å². The SMILES string of the molecule is Cn1cc(-c2cc(F)cnc2C2(F)CCN(C(=O)OC(C)(C)C)CC2)cn1. The van der Waals surface area contributed by atoms with Gasteiger partial charge in [0.2, 0.25) is 0 Å². The molecule has 1 aliphatic heterocycles. The molecule has 0 radical (unpaired) electrons. The molecule has 0 unspecified atom stereocenters. The molecular formula is C19H24F2N4O2. The topological polar surface area (TPSA) is 60.2 Å². The molecule has 1 fully saturated rings. The fraction of sp³-hybridized carbons (Fsp3) is 0.526. The van der Waals surface area contributed by atoms with Gasteiger partial charge in [-0.1, -0.05) is 0 Å². The number of halogens is 2. The Morgan fingerprint density at radius 3 is 2.48 bits per heavy atom. The van der Waals surface area contributed by atoms with Gasteiger partial charge < -0.3 is 9.64 Å². The van der Waals surface area contributed by atoms with E-state index in [4.69, 9.17) is 4.74 Å². The molecule has 3 rings (SSSR count). The number of nitrogens with zero attached hydrogens (tertiary/aromatic N) is 4. The van der Waals surface area contributed by atoms with E-state index in [1.807, 2.05) is 0 Å². The summed E-state index contributed by atoms with van der Waals surface area (Å²) in [7, 11) is 1.74. The molecule has 8 heteroatoms. The standard InChI is InChI=1S/C19H24F2N4O2/c1-18(2,3)27-17(26)25-7-5-19(21,6-8-25)16-15(9-14(20)11-22-16)13-10-23-24(4)12-13/h9-12H,5-8H2,1-4H3. The summed E-state index contributed by atoms with van der Waals surface area (Å²) in [5.74, 6) is -0.535. The Labute approximate surface area is 157 Å². The van der Waals surface area contributed by atoms with Gasteiger partial charge in [-0.2, -0.15) is 5.10 Å². The molecule has 1 amide bonds. The predicted molar refractivity (Wildman–Crippen MR) is 96.2 cm³/mol. The van der Waals surface area contributed by atoms with Crippen molar-refractivity contribution in [1.82, 2.24) is 19.7 Å². The van der Waals surface area contributed by atoms with E-state index in [9.17, 15) is 9.18 Å². The average molecular weight is 378 g/mol. The van der Waals surface area contributed by atoms with Gasteiger partial charge >= 0.3 is 6.09 Å². The number of amides is 1. The number of pyridine rings is 1. The van der Waals surface area contributed by atoms with Crippen molar-refractivity contribution in [2.45, 2.75) is 44.9 Å². The number of aryl methyl sites for hydroxylation is 1. The second-order valence-corrected chi connectivity index (χ2v) is 7.89. The van der Waals surface area contributed by atoms with E-state index in [0.717, 1.165) is 6.20 Å². The molecule has 6 nitrogen and oxygen atoms in total. The number of ether oxygens (including phenoxy) is 1. The summed E-state index contributed by atoms with van der Waals surface area (Å²) in [4.78, 5) is 17.8. The van der Waals surface area contributed by atoms with Crippen LogP contribution in [0.5, 0.6) is 0 Å². The first-order valence-electron chi connectivity index (χ1n) is 8.89. The van der Waals surface area contributed by atoms with E-state index in [1.54, 1.807) is 44.9 Å². The van der Waals surface area contributed by atoms with Gasteiger partial charge in [0.15, 0.2) is 5.67 Å². The Kier molecular flexibility index (Phi) is 4.92. The zero-order valence-corrected chi connectivity index (χ0v) is 16.0. The molecule has 27 heavy (non-hydrogen) atoms. The number of rotatable bonds is 2. The first-order chi connectivity index (χ1) is 12.6. The lowest BCUT2D eigenvalue weighted by molar-refractivity contribution is 0.00139. The van der Waals surface area contributed by atoms with Gasteiger partial charge in [-0.05, 0) is 26.8 Å². The highest BCUT2D eigenvalue weighted by Crippen LogP contribution is 2.41. The van der Waals surface area contributed by atoms with Crippen LogP contribution in [0.15, 0.2) is 24.7 Å². The van der Waals surface area contributed by atoms with Crippen LogP contribution < -0.4 is 0 Å². The molecule has 0 spiro atoms. The third-order valence-electron chi connectivity index (χ3n) is 4.50. The Morgan fingerprint density at radius 2 is 1.93 bits per heavy atom. The van der Waals surface area contributed by atoms with Crippen LogP contribution in [0.2, 0.25) is 0 Å². The number of piperidine rings is 1. The molecule has 0 N–H and O–H groups in total. The fourth-order valence-corrected chi connectivity index (χ4v) is 3.18. The second kappa shape index (κ2) is 6.90. The molecule has 0 aromatic carbocycles. The van der Waals surface area contributed by atoms with Crippen LogP contribution in [0.25, 0.3) is 11.1 Å². The number of carbonyl (C=O) groups is 1. The molecule has 0 saturated carbocycles. The van der Waals surface area contributed by atoms with E-state index in [1.165, 1.54) is 11.0 Å². The van der Waals surface area contributed by atoms with Gasteiger partial charge in [0.1, 0.15) is 11.4 Å². The normalized spacial score (nSPS) is 17.0. The molecule has 3 heterocycles. The van der Waals surface area contributed by atoms with Crippen molar-refractivity contribution in [3.8, 4) is 11.1 Å². The van der Waals surface area contributed by atoms with Crippen LogP contribution in [0.1, 0.15) is 39.3 Å². The van der Waals surface area contributed by atoms with Crippen molar-refractivity contribution >= 4 is 6.09 Å². The third-order valence-corrected chi connectivity index (χ3v) is 4.50. The Bertz CT molecular complexity index is 836. The van der Waals surface area contributed by atoms with E-state index < -0.39 is 23.2 Å². The van der Waals surface area contributed by atoms with Crippen molar-refractivity contribution in [2.24, 2.45) is 7.05 Å². The van der Waals surface area contributed by atoms with Crippen LogP contribution >= 0.6 is 0 Å². The Balaban J connectivity index is 1.83. The molecular weight excluding hydrogens is 354 g/mol. The average Bonchev–Trinajstić information content (AvgIpc) is 3.00. The predicted octanol–water partition coefficient (Wildman–Crippen LogP) is 3.82. The Hall–Kier alpha value is -2.51. The maximum atomic E-state index is 15.8. The Morgan fingerprint density at radius 1 is 1.26 bits per heavy atom. The summed E-state index contributed by atoms with van der Waals surface area (Å²) >= 11 is 0. The van der Waals surface area contributed by atoms with Crippen LogP contribution in [-0.2, 0) is 17.5 Å². The van der Waals surface area contributed by atoms with Crippen molar-refractivity contribution in [3.05, 3.63) is 36.2 Å². The molecule has 1 saturated heterocycles. The summed E-state index contributed by atoms with van der Waals surface area (Å²) in [5.41, 5.74) is -1.19. The smallest absolute Gasteiger partial charge is 0.410 e. The molecule has 2 aromatic rings. The van der Waals surface area contributed by atoms with E-state index in [-0.39, 0.29) is 31.6 Å². The minimum Gasteiger partial charge on any atom is -0.444 e. The summed E-state index contributed by atoms with van der Waals surface area (Å²) in [6.07, 6.45) is 3.95. The summed E-state index contributed by atoms with van der Waals surface area (Å²) in [5, 5.41) is 4.08. The highest BCUT2D eigenvalue weighted by molar-refractivity contribution is 5.69. The van der Waals surface area contributed by atoms with E-state index in [2.05, 4.69) is 10.1 Å². The van der Waals surface area contributed by atoms with Gasteiger partial charge in [0, 0.05) is 50.3 Å². The van der Waals surface area contributed by atoms with Crippen LogP contribution in [-0.4, -0.2) is 44.4 Å². The van der Waals surface area contributed by atoms with Gasteiger partial charge in [-0.15, -0.1) is 0 Å². The van der Waals surface area contributed by atoms with Crippen molar-refractivity contribution < 1.29 is 18.3 Å². The summed E-state index contributed by atoms with van der Waals surface area (Å²) in [6, 6.07) is 1.28. The number of hydrogen-bond donors (Lipinski definition) is 0. The molecule has 0 atom stereocenters. The van der Waals surface area contributed by atoms with Gasteiger partial charge in [-0.25, -0.2) is 13.6 Å². The minimum atomic E-state index is -1.75. The molecule has 1 aliphatic rings. The van der Waals surface area contributed by atoms with Gasteiger partial charge in [-0.3, -0.25) is 9.67 Å². The number of alkyl halides is 1. The number of aromatic nitrogens is 3. The second-order valence-electron chi connectivity index (χ2n) is 7.89. The molecule has 0 aliphatic carbocycles. The van der Waals surface area contributed by atoms with Crippen LogP contribution in [0.4, 0.5) is 13.6 Å². The zero-order valence-electron chi connectivity index (χ0n) is 16.0. The molecule has 2 aromatic heterocycles. The third kappa shape index (κ3) is 4.26. The maximum absolute atomic E-state index is 15.8. The first-order valence-corrected chi connectivity index (χ1v) is 8.89. The molecule has 0 bridgehead atoms.